The summed E-state index contributed by atoms with van der Waals surface area (Å²) in [6.07, 6.45) is 0. The molecule has 158 valence electrons. The summed E-state index contributed by atoms with van der Waals surface area (Å²) < 4.78 is 16.3. The first-order valence-electron chi connectivity index (χ1n) is 9.51. The van der Waals surface area contributed by atoms with Crippen LogP contribution in [0.4, 0.5) is 0 Å². The molecule has 1 aliphatic rings. The summed E-state index contributed by atoms with van der Waals surface area (Å²) in [6, 6.07) is 17.6. The van der Waals surface area contributed by atoms with Crippen molar-refractivity contribution in [3.8, 4) is 11.8 Å². The second-order valence-corrected chi connectivity index (χ2v) is 6.58. The number of nitrogens with zero attached hydrogens (tertiary/aromatic N) is 1. The van der Waals surface area contributed by atoms with Crippen molar-refractivity contribution >= 4 is 17.6 Å². The highest BCUT2D eigenvalue weighted by molar-refractivity contribution is 5.99. The predicted molar refractivity (Wildman–Crippen MR) is 112 cm³/mol. The Hall–Kier alpha value is -4.25. The normalized spacial score (nSPS) is 15.7. The van der Waals surface area contributed by atoms with Crippen molar-refractivity contribution in [3.63, 3.8) is 0 Å². The van der Waals surface area contributed by atoms with Crippen molar-refractivity contribution in [2.75, 3.05) is 13.2 Å². The quantitative estimate of drug-likeness (QED) is 0.657. The van der Waals surface area contributed by atoms with E-state index in [1.807, 2.05) is 6.07 Å². The fraction of sp³-hybridized carbons (Fsp3) is 0.174. The molecular weight excluding hydrogens is 398 g/mol. The molecule has 0 aliphatic carbocycles. The van der Waals surface area contributed by atoms with Crippen LogP contribution in [0.1, 0.15) is 24.0 Å². The van der Waals surface area contributed by atoms with Crippen LogP contribution >= 0.6 is 0 Å². The van der Waals surface area contributed by atoms with Gasteiger partial charge in [-0.15, -0.1) is 0 Å². The number of nitrogens with two attached hydrogens (primary N) is 2. The van der Waals surface area contributed by atoms with Gasteiger partial charge in [-0.3, -0.25) is 4.79 Å². The number of hydrogen-bond donors (Lipinski definition) is 2. The molecule has 0 bridgehead atoms. The molecule has 1 aliphatic heterocycles. The summed E-state index contributed by atoms with van der Waals surface area (Å²) in [6.45, 7) is 1.58. The molecule has 1 heterocycles. The summed E-state index contributed by atoms with van der Waals surface area (Å²) in [5, 5.41) is 9.76. The predicted octanol–water partition coefficient (Wildman–Crippen LogP) is 2.33. The Morgan fingerprint density at radius 3 is 2.39 bits per heavy atom. The lowest BCUT2D eigenvalue weighted by Gasteiger charge is -2.28. The van der Waals surface area contributed by atoms with Gasteiger partial charge < -0.3 is 25.7 Å². The van der Waals surface area contributed by atoms with Crippen LogP contribution in [-0.4, -0.2) is 25.1 Å². The van der Waals surface area contributed by atoms with Gasteiger partial charge in [-0.2, -0.15) is 5.26 Å². The zero-order valence-corrected chi connectivity index (χ0v) is 16.8. The van der Waals surface area contributed by atoms with Gasteiger partial charge in [-0.05, 0) is 24.6 Å². The van der Waals surface area contributed by atoms with E-state index < -0.39 is 17.8 Å². The minimum atomic E-state index is -0.807. The van der Waals surface area contributed by atoms with Crippen LogP contribution in [0.3, 0.4) is 0 Å². The molecule has 0 radical (unpaired) electrons. The van der Waals surface area contributed by atoms with Crippen molar-refractivity contribution in [1.82, 2.24) is 0 Å². The number of benzene rings is 2. The van der Waals surface area contributed by atoms with E-state index in [1.54, 1.807) is 55.5 Å². The minimum Gasteiger partial charge on any atom is -0.484 e. The second kappa shape index (κ2) is 9.50. The Bertz CT molecular complexity index is 1080. The Morgan fingerprint density at radius 2 is 1.81 bits per heavy atom. The molecule has 1 unspecified atom stereocenters. The van der Waals surface area contributed by atoms with Gasteiger partial charge in [-0.25, -0.2) is 4.79 Å². The van der Waals surface area contributed by atoms with E-state index in [9.17, 15) is 14.9 Å². The first kappa shape index (κ1) is 21.5. The van der Waals surface area contributed by atoms with Gasteiger partial charge in [0.2, 0.25) is 5.88 Å². The highest BCUT2D eigenvalue weighted by Gasteiger charge is 2.38. The van der Waals surface area contributed by atoms with Gasteiger partial charge in [-0.1, -0.05) is 42.5 Å². The van der Waals surface area contributed by atoms with E-state index >= 15 is 0 Å². The maximum Gasteiger partial charge on any atom is 0.338 e. The minimum absolute atomic E-state index is 0.0894. The lowest BCUT2D eigenvalue weighted by Crippen LogP contribution is -2.26. The lowest BCUT2D eigenvalue weighted by molar-refractivity contribution is -0.138. The lowest BCUT2D eigenvalue weighted by atomic mass is 9.82. The molecular formula is C23H21N3O5. The Balaban J connectivity index is 2.13. The smallest absolute Gasteiger partial charge is 0.338 e. The Kier molecular flexibility index (Phi) is 6.58. The number of rotatable bonds is 7. The van der Waals surface area contributed by atoms with Gasteiger partial charge in [0.15, 0.2) is 6.61 Å². The average molecular weight is 419 g/mol. The van der Waals surface area contributed by atoms with Crippen molar-refractivity contribution in [3.05, 3.63) is 82.8 Å². The summed E-state index contributed by atoms with van der Waals surface area (Å²) in [7, 11) is 0. The van der Waals surface area contributed by atoms with Crippen molar-refractivity contribution < 1.29 is 23.8 Å². The summed E-state index contributed by atoms with van der Waals surface area (Å²) in [5.41, 5.74) is 12.6. The standard InChI is InChI=1S/C23H21N3O5/c1-2-29-23(28)20-19(14-8-10-16(11-9-14)30-13-18(25)27)17(12-24)22(26)31-21(20)15-6-4-3-5-7-15/h3-11,19H,2,13,26H2,1H3,(H2,25,27). The number of nitriles is 1. The van der Waals surface area contributed by atoms with Gasteiger partial charge in [0.05, 0.1) is 18.1 Å². The van der Waals surface area contributed by atoms with Gasteiger partial charge in [0, 0.05) is 5.56 Å². The first-order valence-corrected chi connectivity index (χ1v) is 9.51. The molecule has 8 nitrogen and oxygen atoms in total. The fourth-order valence-electron chi connectivity index (χ4n) is 3.22. The van der Waals surface area contributed by atoms with Crippen molar-refractivity contribution in [1.29, 1.82) is 5.26 Å². The van der Waals surface area contributed by atoms with Crippen molar-refractivity contribution in [2.45, 2.75) is 12.8 Å². The van der Waals surface area contributed by atoms with Gasteiger partial charge >= 0.3 is 5.97 Å². The molecule has 0 aromatic heterocycles. The molecule has 3 rings (SSSR count). The molecule has 0 spiro atoms. The Morgan fingerprint density at radius 1 is 1.13 bits per heavy atom. The van der Waals surface area contributed by atoms with E-state index in [2.05, 4.69) is 6.07 Å². The number of carbonyl (C=O) groups is 2. The molecule has 0 fully saturated rings. The van der Waals surface area contributed by atoms with E-state index in [-0.39, 0.29) is 36.0 Å². The van der Waals surface area contributed by atoms with Crippen LogP contribution in [0.5, 0.6) is 5.75 Å². The monoisotopic (exact) mass is 419 g/mol. The largest absolute Gasteiger partial charge is 0.484 e. The topological polar surface area (TPSA) is 138 Å². The van der Waals surface area contributed by atoms with Crippen LogP contribution < -0.4 is 16.2 Å². The van der Waals surface area contributed by atoms with Crippen LogP contribution in [0.15, 0.2) is 71.6 Å². The van der Waals surface area contributed by atoms with Crippen LogP contribution in [-0.2, 0) is 19.1 Å². The van der Waals surface area contributed by atoms with Gasteiger partial charge in [0.25, 0.3) is 5.91 Å². The second-order valence-electron chi connectivity index (χ2n) is 6.58. The summed E-state index contributed by atoms with van der Waals surface area (Å²) in [4.78, 5) is 23.9. The fourth-order valence-corrected chi connectivity index (χ4v) is 3.22. The van der Waals surface area contributed by atoms with Crippen LogP contribution in [0, 0.1) is 11.3 Å². The highest BCUT2D eigenvalue weighted by atomic mass is 16.5. The molecule has 0 saturated carbocycles. The molecule has 2 aromatic rings. The maximum absolute atomic E-state index is 13.0. The average Bonchev–Trinajstić information content (AvgIpc) is 2.78. The number of allylic oxidation sites excluding steroid dienone is 1. The molecule has 1 amide bonds. The summed E-state index contributed by atoms with van der Waals surface area (Å²) in [5.74, 6) is -1.46. The maximum atomic E-state index is 13.0. The highest BCUT2D eigenvalue weighted by Crippen LogP contribution is 2.43. The zero-order valence-electron chi connectivity index (χ0n) is 16.8. The van der Waals surface area contributed by atoms with Crippen molar-refractivity contribution in [2.24, 2.45) is 11.5 Å². The zero-order chi connectivity index (χ0) is 22.4. The molecule has 31 heavy (non-hydrogen) atoms. The van der Waals surface area contributed by atoms with Crippen LogP contribution in [0.2, 0.25) is 0 Å². The molecule has 8 heteroatoms. The third-order valence-corrected chi connectivity index (χ3v) is 4.55. The number of ether oxygens (including phenoxy) is 3. The van der Waals surface area contributed by atoms with Gasteiger partial charge in [0.1, 0.15) is 23.2 Å². The van der Waals surface area contributed by atoms with E-state index in [1.165, 1.54) is 0 Å². The SMILES string of the molecule is CCOC(=O)C1=C(c2ccccc2)OC(N)=C(C#N)C1c1ccc(OCC(N)=O)cc1. The van der Waals surface area contributed by atoms with E-state index in [4.69, 9.17) is 25.7 Å². The number of amides is 1. The number of esters is 1. The number of hydrogen-bond acceptors (Lipinski definition) is 7. The number of primary amides is 1. The number of carbonyl (C=O) groups excluding carboxylic acids is 2. The van der Waals surface area contributed by atoms with E-state index in [0.29, 0.717) is 16.9 Å². The molecule has 2 aromatic carbocycles. The summed E-state index contributed by atoms with van der Waals surface area (Å²) >= 11 is 0. The van der Waals surface area contributed by atoms with Crippen LogP contribution in [0.25, 0.3) is 5.76 Å². The van der Waals surface area contributed by atoms with E-state index in [0.717, 1.165) is 0 Å². The third-order valence-electron chi connectivity index (χ3n) is 4.55. The first-order chi connectivity index (χ1) is 15.0. The molecule has 4 N–H and O–H groups in total. The molecule has 0 saturated heterocycles. The molecule has 1 atom stereocenters. The Labute approximate surface area is 179 Å². The third kappa shape index (κ3) is 4.67.